The maximum Gasteiger partial charge on any atom is 0.264 e. The third-order valence-electron chi connectivity index (χ3n) is 2.21. The van der Waals surface area contributed by atoms with Crippen molar-refractivity contribution in [1.29, 1.82) is 0 Å². The van der Waals surface area contributed by atoms with Gasteiger partial charge in [0.2, 0.25) is 0 Å². The third kappa shape index (κ3) is 2.92. The molecule has 0 saturated heterocycles. The van der Waals surface area contributed by atoms with Gasteiger partial charge in [-0.25, -0.2) is 9.97 Å². The minimum absolute atomic E-state index is 0.0840. The summed E-state index contributed by atoms with van der Waals surface area (Å²) in [7, 11) is 0. The van der Waals surface area contributed by atoms with Gasteiger partial charge in [-0.3, -0.25) is 4.79 Å². The number of H-pyrrole nitrogens is 1. The zero-order valence-electron chi connectivity index (χ0n) is 9.53. The highest BCUT2D eigenvalue weighted by Crippen LogP contribution is 2.17. The predicted octanol–water partition coefficient (Wildman–Crippen LogP) is 2.70. The van der Waals surface area contributed by atoms with Crippen molar-refractivity contribution in [2.45, 2.75) is 20.3 Å². The Morgan fingerprint density at radius 1 is 1.53 bits per heavy atom. The van der Waals surface area contributed by atoms with E-state index >= 15 is 0 Å². The van der Waals surface area contributed by atoms with E-state index in [-0.39, 0.29) is 5.56 Å². The van der Waals surface area contributed by atoms with Crippen LogP contribution in [0.2, 0.25) is 0 Å². The molecule has 0 bridgehead atoms. The number of rotatable bonds is 3. The van der Waals surface area contributed by atoms with Crippen LogP contribution >= 0.6 is 33.9 Å². The molecule has 90 valence electrons. The summed E-state index contributed by atoms with van der Waals surface area (Å²) in [6.07, 6.45) is 0.805. The Morgan fingerprint density at radius 2 is 2.29 bits per heavy atom. The molecule has 0 aliphatic carbocycles. The number of hydrogen-bond donors (Lipinski definition) is 1. The topological polar surface area (TPSA) is 58.6 Å². The van der Waals surface area contributed by atoms with Crippen LogP contribution in [0.15, 0.2) is 15.7 Å². The van der Waals surface area contributed by atoms with Crippen molar-refractivity contribution in [2.24, 2.45) is 5.92 Å². The van der Waals surface area contributed by atoms with E-state index < -0.39 is 0 Å². The van der Waals surface area contributed by atoms with Gasteiger partial charge in [0.1, 0.15) is 5.69 Å². The Balaban J connectivity index is 2.50. The summed E-state index contributed by atoms with van der Waals surface area (Å²) in [6.45, 7) is 4.23. The summed E-state index contributed by atoms with van der Waals surface area (Å²) in [6, 6.07) is 0. The average Bonchev–Trinajstić information content (AvgIpc) is 2.77. The summed E-state index contributed by atoms with van der Waals surface area (Å²) < 4.78 is 0.676. The number of thiazole rings is 1. The first-order chi connectivity index (χ1) is 8.08. The van der Waals surface area contributed by atoms with Gasteiger partial charge in [-0.2, -0.15) is 0 Å². The van der Waals surface area contributed by atoms with Gasteiger partial charge in [-0.05, 0) is 34.9 Å². The molecule has 0 atom stereocenters. The average molecular weight is 361 g/mol. The summed E-state index contributed by atoms with van der Waals surface area (Å²) in [5.74, 6) is 1.04. The molecule has 0 fully saturated rings. The third-order valence-corrected chi connectivity index (χ3v) is 3.91. The second-order valence-corrected chi connectivity index (χ2v) is 5.94. The number of aromatic amines is 1. The normalized spacial score (nSPS) is 11.1. The predicted molar refractivity (Wildman–Crippen MR) is 77.2 cm³/mol. The Hall–Kier alpha value is -0.760. The Kier molecular flexibility index (Phi) is 3.93. The Bertz CT molecular complexity index is 563. The van der Waals surface area contributed by atoms with Crippen LogP contribution in [0.25, 0.3) is 11.5 Å². The van der Waals surface area contributed by atoms with Gasteiger partial charge in [-0.15, -0.1) is 11.3 Å². The molecule has 0 aromatic carbocycles. The molecule has 0 spiro atoms. The quantitative estimate of drug-likeness (QED) is 0.856. The van der Waals surface area contributed by atoms with Gasteiger partial charge >= 0.3 is 0 Å². The minimum atomic E-state index is -0.0840. The van der Waals surface area contributed by atoms with E-state index in [4.69, 9.17) is 0 Å². The van der Waals surface area contributed by atoms with E-state index in [1.54, 1.807) is 5.51 Å². The van der Waals surface area contributed by atoms with E-state index in [0.717, 1.165) is 17.8 Å². The largest absolute Gasteiger partial charge is 0.304 e. The lowest BCUT2D eigenvalue weighted by Gasteiger charge is -2.07. The molecular formula is C11H12IN3OS. The lowest BCUT2D eigenvalue weighted by molar-refractivity contribution is 0.631. The van der Waals surface area contributed by atoms with E-state index in [1.807, 2.05) is 28.0 Å². The summed E-state index contributed by atoms with van der Waals surface area (Å²) in [5, 5.41) is 1.88. The van der Waals surface area contributed by atoms with Crippen molar-refractivity contribution in [1.82, 2.24) is 15.0 Å². The highest BCUT2D eigenvalue weighted by Gasteiger charge is 2.12. The van der Waals surface area contributed by atoms with Crippen LogP contribution in [-0.2, 0) is 6.42 Å². The number of aromatic nitrogens is 3. The lowest BCUT2D eigenvalue weighted by atomic mass is 10.1. The van der Waals surface area contributed by atoms with Crippen LogP contribution in [0.5, 0.6) is 0 Å². The molecule has 0 radical (unpaired) electrons. The first kappa shape index (κ1) is 12.7. The van der Waals surface area contributed by atoms with Crippen molar-refractivity contribution in [2.75, 3.05) is 0 Å². The van der Waals surface area contributed by atoms with E-state index in [2.05, 4.69) is 28.8 Å². The molecule has 1 N–H and O–H groups in total. The van der Waals surface area contributed by atoms with Gasteiger partial charge < -0.3 is 4.98 Å². The number of nitrogens with one attached hydrogen (secondary N) is 1. The second kappa shape index (κ2) is 5.26. The number of halogens is 1. The zero-order valence-corrected chi connectivity index (χ0v) is 12.5. The maximum absolute atomic E-state index is 11.8. The zero-order chi connectivity index (χ0) is 12.4. The van der Waals surface area contributed by atoms with E-state index in [0.29, 0.717) is 15.3 Å². The van der Waals surface area contributed by atoms with Crippen LogP contribution in [0.1, 0.15) is 19.5 Å². The number of hydrogen-bond acceptors (Lipinski definition) is 4. The van der Waals surface area contributed by atoms with Crippen molar-refractivity contribution in [3.05, 3.63) is 30.5 Å². The molecule has 4 nitrogen and oxygen atoms in total. The monoisotopic (exact) mass is 361 g/mol. The molecule has 0 saturated carbocycles. The molecular weight excluding hydrogens is 349 g/mol. The molecule has 6 heteroatoms. The van der Waals surface area contributed by atoms with Crippen molar-refractivity contribution >= 4 is 33.9 Å². The fraction of sp³-hybridized carbons (Fsp3) is 0.364. The first-order valence-corrected chi connectivity index (χ1v) is 7.27. The molecule has 0 aliphatic rings. The highest BCUT2D eigenvalue weighted by atomic mass is 127. The van der Waals surface area contributed by atoms with E-state index in [1.165, 1.54) is 11.3 Å². The lowest BCUT2D eigenvalue weighted by Crippen LogP contribution is -2.17. The van der Waals surface area contributed by atoms with Crippen LogP contribution in [0.3, 0.4) is 0 Å². The molecule has 2 rings (SSSR count). The summed E-state index contributed by atoms with van der Waals surface area (Å²) in [5.41, 5.74) is 3.23. The maximum atomic E-state index is 11.8. The van der Waals surface area contributed by atoms with Crippen LogP contribution in [-0.4, -0.2) is 15.0 Å². The van der Waals surface area contributed by atoms with Crippen molar-refractivity contribution in [3.8, 4) is 11.5 Å². The molecule has 2 aromatic heterocycles. The number of nitrogens with zero attached hydrogens (tertiary/aromatic N) is 2. The molecule has 0 unspecified atom stereocenters. The molecule has 17 heavy (non-hydrogen) atoms. The standard InChI is InChI=1S/C11H12IN3OS/c1-6(2)3-7-9(12)11(16)15-10(14-7)8-4-17-5-13-8/h4-6H,3H2,1-2H3,(H,14,15,16). The van der Waals surface area contributed by atoms with Gasteiger partial charge in [0.15, 0.2) is 5.82 Å². The molecule has 2 heterocycles. The molecule has 2 aromatic rings. The minimum Gasteiger partial charge on any atom is -0.304 e. The Labute approximate surface area is 117 Å². The second-order valence-electron chi connectivity index (χ2n) is 4.15. The highest BCUT2D eigenvalue weighted by molar-refractivity contribution is 14.1. The van der Waals surface area contributed by atoms with Crippen molar-refractivity contribution in [3.63, 3.8) is 0 Å². The summed E-state index contributed by atoms with van der Waals surface area (Å²) >= 11 is 3.54. The van der Waals surface area contributed by atoms with Crippen LogP contribution < -0.4 is 5.56 Å². The first-order valence-electron chi connectivity index (χ1n) is 5.25. The van der Waals surface area contributed by atoms with Gasteiger partial charge in [-0.1, -0.05) is 13.8 Å². The fourth-order valence-electron chi connectivity index (χ4n) is 1.48. The van der Waals surface area contributed by atoms with Crippen LogP contribution in [0, 0.1) is 9.49 Å². The van der Waals surface area contributed by atoms with E-state index in [9.17, 15) is 4.79 Å². The molecule has 0 amide bonds. The van der Waals surface area contributed by atoms with Gasteiger partial charge in [0, 0.05) is 5.38 Å². The SMILES string of the molecule is CC(C)Cc1nc(-c2cscn2)[nH]c(=O)c1I. The summed E-state index contributed by atoms with van der Waals surface area (Å²) in [4.78, 5) is 23.2. The van der Waals surface area contributed by atoms with Gasteiger partial charge in [0.05, 0.1) is 14.8 Å². The van der Waals surface area contributed by atoms with Crippen molar-refractivity contribution < 1.29 is 0 Å². The van der Waals surface area contributed by atoms with Gasteiger partial charge in [0.25, 0.3) is 5.56 Å². The Morgan fingerprint density at radius 3 is 2.88 bits per heavy atom. The molecule has 0 aliphatic heterocycles. The smallest absolute Gasteiger partial charge is 0.264 e. The van der Waals surface area contributed by atoms with Crippen LogP contribution in [0.4, 0.5) is 0 Å². The fourth-order valence-corrected chi connectivity index (χ4v) is 2.49.